The Morgan fingerprint density at radius 3 is 2.32 bits per heavy atom. The summed E-state index contributed by atoms with van der Waals surface area (Å²) in [4.78, 5) is 13.1. The number of amides is 1. The SMILES string of the molecule is C=C(CN(N=N)C(=N)Sc1c(Cl)cccc1Cl)C(Cc1ccc(O)cc1)NC(=O)OCc1ccccc1. The van der Waals surface area contributed by atoms with E-state index in [-0.39, 0.29) is 24.1 Å². The molecule has 0 bridgehead atoms. The van der Waals surface area contributed by atoms with Crippen LogP contribution in [0.5, 0.6) is 5.75 Å². The minimum atomic E-state index is -0.643. The highest BCUT2D eigenvalue weighted by atomic mass is 35.5. The van der Waals surface area contributed by atoms with Crippen molar-refractivity contribution in [3.63, 3.8) is 0 Å². The number of phenols is 1. The van der Waals surface area contributed by atoms with Crippen molar-refractivity contribution in [2.75, 3.05) is 6.54 Å². The van der Waals surface area contributed by atoms with Gasteiger partial charge >= 0.3 is 6.09 Å². The van der Waals surface area contributed by atoms with Crippen LogP contribution in [0.15, 0.2) is 95.1 Å². The highest BCUT2D eigenvalue weighted by molar-refractivity contribution is 8.13. The molecule has 1 atom stereocenters. The van der Waals surface area contributed by atoms with Gasteiger partial charge in [-0.1, -0.05) is 83.5 Å². The van der Waals surface area contributed by atoms with Crippen molar-refractivity contribution in [3.05, 3.63) is 106 Å². The summed E-state index contributed by atoms with van der Waals surface area (Å²) in [6.07, 6.45) is -0.308. The van der Waals surface area contributed by atoms with Crippen molar-refractivity contribution in [3.8, 4) is 5.75 Å². The fraction of sp³-hybridized carbons (Fsp3) is 0.154. The molecule has 0 aromatic heterocycles. The average Bonchev–Trinajstić information content (AvgIpc) is 2.89. The number of carbonyl (C=O) groups is 1. The van der Waals surface area contributed by atoms with Gasteiger partial charge in [-0.3, -0.25) is 5.41 Å². The van der Waals surface area contributed by atoms with Gasteiger partial charge in [-0.05, 0) is 59.1 Å². The van der Waals surface area contributed by atoms with E-state index in [1.165, 1.54) is 0 Å². The molecular formula is C26H25Cl2N5O3S. The second kappa shape index (κ2) is 13.7. The molecule has 3 aromatic rings. The molecule has 0 heterocycles. The largest absolute Gasteiger partial charge is 0.508 e. The van der Waals surface area contributed by atoms with Gasteiger partial charge in [0, 0.05) is 0 Å². The number of thioether (sulfide) groups is 1. The average molecular weight is 558 g/mol. The van der Waals surface area contributed by atoms with E-state index in [4.69, 9.17) is 38.9 Å². The molecule has 0 spiro atoms. The molecule has 11 heteroatoms. The van der Waals surface area contributed by atoms with Gasteiger partial charge in [0.1, 0.15) is 12.4 Å². The van der Waals surface area contributed by atoms with Gasteiger partial charge in [-0.15, -0.1) is 0 Å². The number of aromatic hydroxyl groups is 1. The number of alkyl carbamates (subject to hydrolysis) is 1. The van der Waals surface area contributed by atoms with Crippen molar-refractivity contribution in [2.24, 2.45) is 5.22 Å². The van der Waals surface area contributed by atoms with E-state index in [1.54, 1.807) is 42.5 Å². The summed E-state index contributed by atoms with van der Waals surface area (Å²) < 4.78 is 5.37. The smallest absolute Gasteiger partial charge is 0.407 e. The number of hydrogen-bond acceptors (Lipinski definition) is 7. The third-order valence-electron chi connectivity index (χ3n) is 5.20. The van der Waals surface area contributed by atoms with Gasteiger partial charge < -0.3 is 15.2 Å². The molecule has 4 N–H and O–H groups in total. The number of hydrogen-bond donors (Lipinski definition) is 4. The van der Waals surface area contributed by atoms with E-state index in [2.05, 4.69) is 17.1 Å². The Labute approximate surface area is 229 Å². The van der Waals surface area contributed by atoms with Gasteiger partial charge in [0.2, 0.25) is 0 Å². The minimum Gasteiger partial charge on any atom is -0.508 e. The molecule has 0 saturated heterocycles. The van der Waals surface area contributed by atoms with Crippen LogP contribution in [0, 0.1) is 10.9 Å². The number of phenolic OH excluding ortho intramolecular Hbond substituents is 1. The minimum absolute atomic E-state index is 0.0287. The number of ether oxygens (including phenoxy) is 1. The molecule has 192 valence electrons. The zero-order chi connectivity index (χ0) is 26.8. The van der Waals surface area contributed by atoms with Gasteiger partial charge in [0.05, 0.1) is 27.5 Å². The van der Waals surface area contributed by atoms with Crippen molar-refractivity contribution in [1.82, 2.24) is 10.3 Å². The van der Waals surface area contributed by atoms with Crippen LogP contribution in [0.25, 0.3) is 0 Å². The van der Waals surface area contributed by atoms with Gasteiger partial charge in [-0.2, -0.15) is 5.53 Å². The van der Waals surface area contributed by atoms with Crippen LogP contribution >= 0.6 is 35.0 Å². The van der Waals surface area contributed by atoms with Crippen LogP contribution in [0.4, 0.5) is 4.79 Å². The molecule has 1 amide bonds. The zero-order valence-corrected chi connectivity index (χ0v) is 22.0. The van der Waals surface area contributed by atoms with Crippen molar-refractivity contribution in [2.45, 2.75) is 24.0 Å². The van der Waals surface area contributed by atoms with Crippen molar-refractivity contribution in [1.29, 1.82) is 10.9 Å². The number of amidine groups is 1. The lowest BCUT2D eigenvalue weighted by Gasteiger charge is -2.25. The predicted octanol–water partition coefficient (Wildman–Crippen LogP) is 7.07. The van der Waals surface area contributed by atoms with Crippen molar-refractivity contribution >= 4 is 46.2 Å². The summed E-state index contributed by atoms with van der Waals surface area (Å²) in [6, 6.07) is 20.2. The quantitative estimate of drug-likeness (QED) is 0.0530. The first-order valence-electron chi connectivity index (χ1n) is 11.0. The highest BCUT2D eigenvalue weighted by Gasteiger charge is 2.22. The number of rotatable bonds is 10. The Morgan fingerprint density at radius 2 is 1.70 bits per heavy atom. The van der Waals surface area contributed by atoms with E-state index in [0.29, 0.717) is 26.9 Å². The molecule has 3 aromatic carbocycles. The molecular weight excluding hydrogens is 533 g/mol. The molecule has 0 radical (unpaired) electrons. The third-order valence-corrected chi connectivity index (χ3v) is 7.10. The molecule has 8 nitrogen and oxygen atoms in total. The van der Waals surface area contributed by atoms with Crippen LogP contribution in [0.2, 0.25) is 10.0 Å². The number of nitrogens with zero attached hydrogens (tertiary/aromatic N) is 2. The summed E-state index contributed by atoms with van der Waals surface area (Å²) in [7, 11) is 0. The monoisotopic (exact) mass is 557 g/mol. The number of nitrogens with one attached hydrogen (secondary N) is 3. The summed E-state index contributed by atoms with van der Waals surface area (Å²) >= 11 is 13.4. The van der Waals surface area contributed by atoms with Crippen LogP contribution < -0.4 is 5.32 Å². The Kier molecular flexibility index (Phi) is 10.4. The lowest BCUT2D eigenvalue weighted by atomic mass is 9.99. The van der Waals surface area contributed by atoms with Crippen LogP contribution in [-0.2, 0) is 17.8 Å². The zero-order valence-electron chi connectivity index (χ0n) is 19.7. The predicted molar refractivity (Wildman–Crippen MR) is 146 cm³/mol. The highest BCUT2D eigenvalue weighted by Crippen LogP contribution is 2.35. The van der Waals surface area contributed by atoms with Gasteiger partial charge in [0.15, 0.2) is 5.17 Å². The Bertz CT molecular complexity index is 1240. The first-order valence-corrected chi connectivity index (χ1v) is 12.6. The third kappa shape index (κ3) is 8.52. The second-order valence-electron chi connectivity index (χ2n) is 7.90. The van der Waals surface area contributed by atoms with E-state index < -0.39 is 12.1 Å². The Hall–Kier alpha value is -3.53. The molecule has 37 heavy (non-hydrogen) atoms. The Balaban J connectivity index is 1.71. The van der Waals surface area contributed by atoms with Gasteiger partial charge in [0.25, 0.3) is 0 Å². The maximum atomic E-state index is 12.6. The van der Waals surface area contributed by atoms with E-state index >= 15 is 0 Å². The molecule has 0 aliphatic rings. The Morgan fingerprint density at radius 1 is 1.05 bits per heavy atom. The standard InChI is InChI=1S/C26H25Cl2N5O3S/c1-17(15-33(32-30)25(29)37-24-21(27)8-5-9-22(24)28)23(14-18-10-12-20(34)13-11-18)31-26(35)36-16-19-6-3-2-4-7-19/h2-13,23,29-30,34H,1,14-16H2,(H,31,35). The second-order valence-corrected chi connectivity index (χ2v) is 9.72. The lowest BCUT2D eigenvalue weighted by molar-refractivity contribution is 0.136. The molecule has 1 unspecified atom stereocenters. The normalized spacial score (nSPS) is 11.3. The topological polar surface area (TPSA) is 122 Å². The van der Waals surface area contributed by atoms with E-state index in [0.717, 1.165) is 27.9 Å². The summed E-state index contributed by atoms with van der Waals surface area (Å²) in [5.74, 6) is 0.122. The summed E-state index contributed by atoms with van der Waals surface area (Å²) in [5.41, 5.74) is 9.75. The van der Waals surface area contributed by atoms with Crippen molar-refractivity contribution < 1.29 is 14.6 Å². The number of benzene rings is 3. The number of carbonyl (C=O) groups excluding carboxylic acids is 1. The molecule has 0 aliphatic heterocycles. The fourth-order valence-corrected chi connectivity index (χ4v) is 4.62. The van der Waals surface area contributed by atoms with Crippen LogP contribution in [-0.4, -0.2) is 34.0 Å². The van der Waals surface area contributed by atoms with E-state index in [1.807, 2.05) is 30.3 Å². The summed E-state index contributed by atoms with van der Waals surface area (Å²) in [5, 5.41) is 26.1. The first kappa shape index (κ1) is 28.0. The molecule has 0 fully saturated rings. The van der Waals surface area contributed by atoms with Crippen LogP contribution in [0.1, 0.15) is 11.1 Å². The molecule has 0 aliphatic carbocycles. The van der Waals surface area contributed by atoms with E-state index in [9.17, 15) is 9.90 Å². The molecule has 0 saturated carbocycles. The maximum absolute atomic E-state index is 12.6. The van der Waals surface area contributed by atoms with Gasteiger partial charge in [-0.25, -0.2) is 9.80 Å². The summed E-state index contributed by atoms with van der Waals surface area (Å²) in [6.45, 7) is 4.16. The van der Waals surface area contributed by atoms with Crippen LogP contribution in [0.3, 0.4) is 0 Å². The maximum Gasteiger partial charge on any atom is 0.407 e. The fourth-order valence-electron chi connectivity index (χ4n) is 3.26. The lowest BCUT2D eigenvalue weighted by Crippen LogP contribution is -2.41. The first-order chi connectivity index (χ1) is 17.8. The number of halogens is 2. The molecule has 3 rings (SSSR count).